The number of aryl methyl sites for hydroxylation is 1. The van der Waals surface area contributed by atoms with Gasteiger partial charge in [0.25, 0.3) is 5.89 Å². The number of carbonyl (C=O) groups excluding carboxylic acids is 1. The third-order valence-electron chi connectivity index (χ3n) is 4.51. The standard InChI is InChI=1S/C19H27N3O3/c1-12-14(21-17(25-12)15-7-6-8-24-15)9-16(23)20-13-10-18(2,3)22-19(4,5)11-13/h6-8,13,22H,9-11H2,1-5H3,(H,20,23). The summed E-state index contributed by atoms with van der Waals surface area (Å²) in [6, 6.07) is 3.71. The minimum atomic E-state index is -0.0269. The van der Waals surface area contributed by atoms with E-state index in [0.717, 1.165) is 12.8 Å². The van der Waals surface area contributed by atoms with E-state index in [4.69, 9.17) is 8.83 Å². The van der Waals surface area contributed by atoms with Gasteiger partial charge in [0.2, 0.25) is 5.91 Å². The molecule has 1 saturated heterocycles. The van der Waals surface area contributed by atoms with Crippen molar-refractivity contribution in [1.29, 1.82) is 0 Å². The molecule has 6 heteroatoms. The van der Waals surface area contributed by atoms with Gasteiger partial charge < -0.3 is 19.5 Å². The highest BCUT2D eigenvalue weighted by Crippen LogP contribution is 2.28. The number of oxazole rings is 1. The van der Waals surface area contributed by atoms with Crippen molar-refractivity contribution >= 4 is 5.91 Å². The second-order valence-electron chi connectivity index (χ2n) is 8.24. The lowest BCUT2D eigenvalue weighted by molar-refractivity contribution is -0.121. The Balaban J connectivity index is 1.65. The topological polar surface area (TPSA) is 80.3 Å². The summed E-state index contributed by atoms with van der Waals surface area (Å²) >= 11 is 0. The Bertz CT molecular complexity index is 728. The zero-order valence-electron chi connectivity index (χ0n) is 15.6. The number of piperidine rings is 1. The summed E-state index contributed by atoms with van der Waals surface area (Å²) in [5.74, 6) is 1.60. The van der Waals surface area contributed by atoms with E-state index in [0.29, 0.717) is 23.1 Å². The van der Waals surface area contributed by atoms with Crippen LogP contribution in [0.4, 0.5) is 0 Å². The number of rotatable bonds is 4. The number of aromatic nitrogens is 1. The van der Waals surface area contributed by atoms with Crippen LogP contribution in [-0.4, -0.2) is 28.0 Å². The van der Waals surface area contributed by atoms with Crippen LogP contribution in [0.2, 0.25) is 0 Å². The summed E-state index contributed by atoms with van der Waals surface area (Å²) in [5, 5.41) is 6.79. The molecule has 1 fully saturated rings. The monoisotopic (exact) mass is 345 g/mol. The van der Waals surface area contributed by atoms with Gasteiger partial charge in [-0.3, -0.25) is 4.79 Å². The molecule has 0 radical (unpaired) electrons. The maximum Gasteiger partial charge on any atom is 0.263 e. The summed E-state index contributed by atoms with van der Waals surface area (Å²) in [4.78, 5) is 16.9. The lowest BCUT2D eigenvalue weighted by atomic mass is 9.79. The minimum Gasteiger partial charge on any atom is -0.459 e. The number of hydrogen-bond acceptors (Lipinski definition) is 5. The molecule has 1 aliphatic heterocycles. The smallest absolute Gasteiger partial charge is 0.263 e. The highest BCUT2D eigenvalue weighted by molar-refractivity contribution is 5.78. The Kier molecular flexibility index (Phi) is 4.49. The molecular weight excluding hydrogens is 318 g/mol. The molecule has 25 heavy (non-hydrogen) atoms. The molecule has 3 heterocycles. The first-order valence-corrected chi connectivity index (χ1v) is 8.72. The molecule has 1 aliphatic rings. The van der Waals surface area contributed by atoms with Crippen LogP contribution in [0.3, 0.4) is 0 Å². The number of furan rings is 1. The average molecular weight is 345 g/mol. The summed E-state index contributed by atoms with van der Waals surface area (Å²) < 4.78 is 10.9. The SMILES string of the molecule is Cc1oc(-c2ccco2)nc1CC(=O)NC1CC(C)(C)NC(C)(C)C1. The quantitative estimate of drug-likeness (QED) is 0.889. The molecular formula is C19H27N3O3. The number of carbonyl (C=O) groups is 1. The van der Waals surface area contributed by atoms with Crippen LogP contribution >= 0.6 is 0 Å². The van der Waals surface area contributed by atoms with Crippen molar-refractivity contribution in [3.05, 3.63) is 29.9 Å². The molecule has 0 aliphatic carbocycles. The molecule has 2 aromatic heterocycles. The fraction of sp³-hybridized carbons (Fsp3) is 0.579. The highest BCUT2D eigenvalue weighted by atomic mass is 16.4. The Morgan fingerprint density at radius 3 is 2.60 bits per heavy atom. The third kappa shape index (κ3) is 4.31. The van der Waals surface area contributed by atoms with Gasteiger partial charge in [-0.15, -0.1) is 0 Å². The van der Waals surface area contributed by atoms with Crippen LogP contribution in [0.1, 0.15) is 52.0 Å². The van der Waals surface area contributed by atoms with Gasteiger partial charge >= 0.3 is 0 Å². The lowest BCUT2D eigenvalue weighted by Gasteiger charge is -2.46. The van der Waals surface area contributed by atoms with Crippen LogP contribution in [0.15, 0.2) is 27.2 Å². The number of nitrogens with zero attached hydrogens (tertiary/aromatic N) is 1. The molecule has 0 bridgehead atoms. The minimum absolute atomic E-state index is 0.00401. The van der Waals surface area contributed by atoms with Gasteiger partial charge in [-0.1, -0.05) is 0 Å². The predicted octanol–water partition coefficient (Wildman–Crippen LogP) is 3.21. The first-order chi connectivity index (χ1) is 11.6. The summed E-state index contributed by atoms with van der Waals surface area (Å²) in [6.45, 7) is 10.5. The van der Waals surface area contributed by atoms with Crippen molar-refractivity contribution < 1.29 is 13.6 Å². The molecule has 0 unspecified atom stereocenters. The second-order valence-corrected chi connectivity index (χ2v) is 8.24. The fourth-order valence-electron chi connectivity index (χ4n) is 3.95. The Hall–Kier alpha value is -2.08. The maximum absolute atomic E-state index is 12.5. The zero-order chi connectivity index (χ0) is 18.2. The molecule has 0 spiro atoms. The molecule has 1 amide bonds. The van der Waals surface area contributed by atoms with Crippen LogP contribution in [0.5, 0.6) is 0 Å². The maximum atomic E-state index is 12.5. The molecule has 136 valence electrons. The number of hydrogen-bond donors (Lipinski definition) is 2. The van der Waals surface area contributed by atoms with E-state index in [2.05, 4.69) is 43.3 Å². The normalized spacial score (nSPS) is 19.7. The molecule has 3 rings (SSSR count). The summed E-state index contributed by atoms with van der Waals surface area (Å²) in [5.41, 5.74) is 0.641. The average Bonchev–Trinajstić information content (AvgIpc) is 3.05. The van der Waals surface area contributed by atoms with Gasteiger partial charge in [-0.05, 0) is 59.6 Å². The van der Waals surface area contributed by atoms with Gasteiger partial charge in [0.1, 0.15) is 5.76 Å². The first-order valence-electron chi connectivity index (χ1n) is 8.72. The van der Waals surface area contributed by atoms with Crippen LogP contribution in [0, 0.1) is 6.92 Å². The fourth-order valence-corrected chi connectivity index (χ4v) is 3.95. The largest absolute Gasteiger partial charge is 0.459 e. The Morgan fingerprint density at radius 2 is 2.00 bits per heavy atom. The van der Waals surface area contributed by atoms with E-state index in [1.807, 2.05) is 6.92 Å². The lowest BCUT2D eigenvalue weighted by Crippen LogP contribution is -2.62. The van der Waals surface area contributed by atoms with Crippen molar-refractivity contribution in [3.63, 3.8) is 0 Å². The Morgan fingerprint density at radius 1 is 1.32 bits per heavy atom. The van der Waals surface area contributed by atoms with Crippen molar-refractivity contribution in [2.75, 3.05) is 0 Å². The van der Waals surface area contributed by atoms with Gasteiger partial charge in [-0.25, -0.2) is 4.98 Å². The van der Waals surface area contributed by atoms with E-state index < -0.39 is 0 Å². The van der Waals surface area contributed by atoms with Crippen LogP contribution < -0.4 is 10.6 Å². The predicted molar refractivity (Wildman–Crippen MR) is 95.1 cm³/mol. The van der Waals surface area contributed by atoms with Crippen molar-refractivity contribution in [1.82, 2.24) is 15.6 Å². The second kappa shape index (κ2) is 6.33. The van der Waals surface area contributed by atoms with E-state index in [-0.39, 0.29) is 29.4 Å². The summed E-state index contributed by atoms with van der Waals surface area (Å²) in [6.07, 6.45) is 3.58. The van der Waals surface area contributed by atoms with Gasteiger partial charge in [0.15, 0.2) is 5.76 Å². The van der Waals surface area contributed by atoms with Crippen molar-refractivity contribution in [2.45, 2.75) is 71.0 Å². The van der Waals surface area contributed by atoms with E-state index in [9.17, 15) is 4.79 Å². The van der Waals surface area contributed by atoms with Gasteiger partial charge in [0.05, 0.1) is 18.4 Å². The molecule has 2 N–H and O–H groups in total. The first kappa shape index (κ1) is 17.7. The van der Waals surface area contributed by atoms with E-state index >= 15 is 0 Å². The van der Waals surface area contributed by atoms with E-state index in [1.165, 1.54) is 0 Å². The van der Waals surface area contributed by atoms with Gasteiger partial charge in [-0.2, -0.15) is 0 Å². The van der Waals surface area contributed by atoms with E-state index in [1.54, 1.807) is 18.4 Å². The zero-order valence-corrected chi connectivity index (χ0v) is 15.6. The molecule has 2 aromatic rings. The summed E-state index contributed by atoms with van der Waals surface area (Å²) in [7, 11) is 0. The Labute approximate surface area is 148 Å². The molecule has 0 atom stereocenters. The van der Waals surface area contributed by atoms with Crippen LogP contribution in [-0.2, 0) is 11.2 Å². The number of nitrogens with one attached hydrogen (secondary N) is 2. The highest BCUT2D eigenvalue weighted by Gasteiger charge is 2.38. The van der Waals surface area contributed by atoms with Crippen LogP contribution in [0.25, 0.3) is 11.7 Å². The molecule has 0 aromatic carbocycles. The van der Waals surface area contributed by atoms with Crippen molar-refractivity contribution in [2.24, 2.45) is 0 Å². The molecule has 6 nitrogen and oxygen atoms in total. The number of amides is 1. The molecule has 0 saturated carbocycles. The van der Waals surface area contributed by atoms with Crippen molar-refractivity contribution in [3.8, 4) is 11.7 Å². The third-order valence-corrected chi connectivity index (χ3v) is 4.51. The van der Waals surface area contributed by atoms with Gasteiger partial charge in [0, 0.05) is 17.1 Å².